The van der Waals surface area contributed by atoms with Gasteiger partial charge in [0.15, 0.2) is 11.5 Å². The summed E-state index contributed by atoms with van der Waals surface area (Å²) in [5.41, 5.74) is 1.49. The lowest BCUT2D eigenvalue weighted by Crippen LogP contribution is -1.69. The number of hydrogen-bond acceptors (Lipinski definition) is 2. The van der Waals surface area contributed by atoms with Crippen LogP contribution in [0.2, 0.25) is 5.02 Å². The highest BCUT2D eigenvalue weighted by atomic mass is 35.5. The van der Waals surface area contributed by atoms with Crippen LogP contribution in [0, 0.1) is 6.92 Å². The summed E-state index contributed by atoms with van der Waals surface area (Å²) in [5.74, 6) is 0.646. The van der Waals surface area contributed by atoms with Gasteiger partial charge in [0.25, 0.3) is 0 Å². The van der Waals surface area contributed by atoms with Gasteiger partial charge in [0.1, 0.15) is 5.52 Å². The molecular weight excluding hydrogens is 210 g/mol. The van der Waals surface area contributed by atoms with Crippen molar-refractivity contribution in [1.82, 2.24) is 4.98 Å². The van der Waals surface area contributed by atoms with Gasteiger partial charge in [0.05, 0.1) is 5.02 Å². The largest absolute Gasteiger partial charge is 0.441 e. The Labute approximate surface area is 96.3 Å². The summed E-state index contributed by atoms with van der Waals surface area (Å²) in [6, 6.07) is 5.49. The van der Waals surface area contributed by atoms with Crippen molar-refractivity contribution in [3.63, 3.8) is 0 Å². The fraction of sp³-hybridized carbons (Fsp3) is 0.417. The normalized spacial score (nSPS) is 8.67. The Kier molecular flexibility index (Phi) is 6.80. The molecule has 0 aliphatic heterocycles. The van der Waals surface area contributed by atoms with Gasteiger partial charge in [-0.3, -0.25) is 0 Å². The Morgan fingerprint density at radius 2 is 1.73 bits per heavy atom. The zero-order valence-corrected chi connectivity index (χ0v) is 10.7. The van der Waals surface area contributed by atoms with Gasteiger partial charge >= 0.3 is 0 Å². The molecule has 0 amide bonds. The molecular formula is C12H18ClNO. The van der Waals surface area contributed by atoms with E-state index in [1.54, 1.807) is 13.0 Å². The van der Waals surface area contributed by atoms with Gasteiger partial charge in [-0.1, -0.05) is 45.4 Å². The van der Waals surface area contributed by atoms with Crippen LogP contribution in [0.1, 0.15) is 33.6 Å². The average molecular weight is 228 g/mol. The van der Waals surface area contributed by atoms with E-state index in [2.05, 4.69) is 4.98 Å². The predicted molar refractivity (Wildman–Crippen MR) is 66.5 cm³/mol. The smallest absolute Gasteiger partial charge is 0.192 e. The molecule has 1 heterocycles. The van der Waals surface area contributed by atoms with E-state index in [1.807, 2.05) is 39.8 Å². The van der Waals surface area contributed by atoms with Crippen LogP contribution >= 0.6 is 11.6 Å². The van der Waals surface area contributed by atoms with E-state index in [0.717, 1.165) is 11.1 Å². The zero-order valence-electron chi connectivity index (χ0n) is 9.97. The minimum absolute atomic E-state index is 0.638. The van der Waals surface area contributed by atoms with Gasteiger partial charge in [-0.2, -0.15) is 0 Å². The number of aryl methyl sites for hydroxylation is 1. The van der Waals surface area contributed by atoms with E-state index in [9.17, 15) is 0 Å². The molecule has 0 aliphatic carbocycles. The molecule has 0 bridgehead atoms. The monoisotopic (exact) mass is 227 g/mol. The number of para-hydroxylation sites is 1. The van der Waals surface area contributed by atoms with Crippen molar-refractivity contribution >= 4 is 22.7 Å². The molecule has 0 saturated heterocycles. The van der Waals surface area contributed by atoms with Gasteiger partial charge in [-0.15, -0.1) is 0 Å². The van der Waals surface area contributed by atoms with Crippen molar-refractivity contribution in [2.45, 2.75) is 34.6 Å². The third-order valence-electron chi connectivity index (χ3n) is 1.48. The second-order valence-corrected chi connectivity index (χ2v) is 2.73. The number of aromatic nitrogens is 1. The van der Waals surface area contributed by atoms with Crippen LogP contribution in [0.3, 0.4) is 0 Å². The highest BCUT2D eigenvalue weighted by Crippen LogP contribution is 2.22. The average Bonchev–Trinajstić information content (AvgIpc) is 2.66. The van der Waals surface area contributed by atoms with Crippen LogP contribution in [-0.4, -0.2) is 4.98 Å². The third-order valence-corrected chi connectivity index (χ3v) is 1.78. The fourth-order valence-electron chi connectivity index (χ4n) is 1.03. The Morgan fingerprint density at radius 1 is 1.13 bits per heavy atom. The van der Waals surface area contributed by atoms with E-state index in [0.29, 0.717) is 10.9 Å². The van der Waals surface area contributed by atoms with Crippen LogP contribution in [-0.2, 0) is 0 Å². The minimum atomic E-state index is 0.638. The lowest BCUT2D eigenvalue weighted by molar-refractivity contribution is 0.561. The molecule has 0 saturated carbocycles. The Bertz CT molecular complexity index is 395. The van der Waals surface area contributed by atoms with E-state index in [1.165, 1.54) is 0 Å². The molecule has 1 aromatic heterocycles. The van der Waals surface area contributed by atoms with E-state index in [-0.39, 0.29) is 0 Å². The number of rotatable bonds is 0. The second-order valence-electron chi connectivity index (χ2n) is 2.32. The maximum atomic E-state index is 5.85. The number of nitrogens with zero attached hydrogens (tertiary/aromatic N) is 1. The molecule has 0 radical (unpaired) electrons. The number of benzene rings is 1. The lowest BCUT2D eigenvalue weighted by Gasteiger charge is -1.86. The molecule has 3 heteroatoms. The van der Waals surface area contributed by atoms with Gasteiger partial charge < -0.3 is 4.42 Å². The molecule has 0 spiro atoms. The van der Waals surface area contributed by atoms with Crippen LogP contribution < -0.4 is 0 Å². The first-order chi connectivity index (χ1) is 7.27. The first kappa shape index (κ1) is 14.0. The fourth-order valence-corrected chi connectivity index (χ4v) is 1.23. The van der Waals surface area contributed by atoms with Gasteiger partial charge in [-0.05, 0) is 12.1 Å². The maximum Gasteiger partial charge on any atom is 0.192 e. The van der Waals surface area contributed by atoms with Crippen molar-refractivity contribution < 1.29 is 4.42 Å². The molecule has 2 nitrogen and oxygen atoms in total. The van der Waals surface area contributed by atoms with Crippen molar-refractivity contribution in [3.8, 4) is 0 Å². The standard InChI is InChI=1S/C8H6ClNO.2C2H6/c1-5-10-8-6(9)3-2-4-7(8)11-5;2*1-2/h2-4H,1H3;2*1-2H3. The van der Waals surface area contributed by atoms with Crippen LogP contribution in [0.25, 0.3) is 11.1 Å². The second kappa shape index (κ2) is 7.30. The first-order valence-electron chi connectivity index (χ1n) is 5.29. The van der Waals surface area contributed by atoms with Crippen molar-refractivity contribution in [2.24, 2.45) is 0 Å². The Balaban J connectivity index is 0.000000442. The van der Waals surface area contributed by atoms with Crippen LogP contribution in [0.5, 0.6) is 0 Å². The molecule has 1 aromatic carbocycles. The van der Waals surface area contributed by atoms with E-state index < -0.39 is 0 Å². The third kappa shape index (κ3) is 3.56. The summed E-state index contributed by atoms with van der Waals surface area (Å²) in [6.07, 6.45) is 0. The Hall–Kier alpha value is -1.02. The molecule has 0 aliphatic rings. The predicted octanol–water partition coefficient (Wildman–Crippen LogP) is 4.84. The summed E-state index contributed by atoms with van der Waals surface area (Å²) in [5, 5.41) is 0.638. The molecule has 84 valence electrons. The Morgan fingerprint density at radius 3 is 2.27 bits per heavy atom. The van der Waals surface area contributed by atoms with Gasteiger partial charge in [0, 0.05) is 6.92 Å². The van der Waals surface area contributed by atoms with Gasteiger partial charge in [-0.25, -0.2) is 4.98 Å². The maximum absolute atomic E-state index is 5.85. The van der Waals surface area contributed by atoms with Gasteiger partial charge in [0.2, 0.25) is 0 Å². The van der Waals surface area contributed by atoms with Crippen molar-refractivity contribution in [3.05, 3.63) is 29.1 Å². The van der Waals surface area contributed by atoms with E-state index >= 15 is 0 Å². The van der Waals surface area contributed by atoms with Crippen LogP contribution in [0.4, 0.5) is 0 Å². The molecule has 15 heavy (non-hydrogen) atoms. The van der Waals surface area contributed by atoms with Crippen molar-refractivity contribution in [1.29, 1.82) is 0 Å². The molecule has 0 N–H and O–H groups in total. The minimum Gasteiger partial charge on any atom is -0.441 e. The zero-order chi connectivity index (χ0) is 11.8. The van der Waals surface area contributed by atoms with Crippen molar-refractivity contribution in [2.75, 3.05) is 0 Å². The number of fused-ring (bicyclic) bond motifs is 1. The highest BCUT2D eigenvalue weighted by Gasteiger charge is 2.03. The summed E-state index contributed by atoms with van der Waals surface area (Å²) < 4.78 is 5.25. The number of oxazole rings is 1. The quantitative estimate of drug-likeness (QED) is 0.644. The topological polar surface area (TPSA) is 26.0 Å². The number of hydrogen-bond donors (Lipinski definition) is 0. The first-order valence-corrected chi connectivity index (χ1v) is 5.67. The summed E-state index contributed by atoms with van der Waals surface area (Å²) in [6.45, 7) is 9.80. The summed E-state index contributed by atoms with van der Waals surface area (Å²) in [7, 11) is 0. The molecule has 0 atom stereocenters. The molecule has 0 unspecified atom stereocenters. The summed E-state index contributed by atoms with van der Waals surface area (Å²) in [4.78, 5) is 4.11. The molecule has 2 rings (SSSR count). The van der Waals surface area contributed by atoms with E-state index in [4.69, 9.17) is 16.0 Å². The SMILES string of the molecule is CC.CC.Cc1nc2c(Cl)cccc2o1. The molecule has 2 aromatic rings. The molecule has 0 fully saturated rings. The highest BCUT2D eigenvalue weighted by molar-refractivity contribution is 6.34. The van der Waals surface area contributed by atoms with Crippen LogP contribution in [0.15, 0.2) is 22.6 Å². The number of halogens is 1. The lowest BCUT2D eigenvalue weighted by atomic mass is 10.3. The summed E-state index contributed by atoms with van der Waals surface area (Å²) >= 11 is 5.85.